The molecule has 7 heteroatoms. The van der Waals surface area contributed by atoms with Crippen LogP contribution in [0.5, 0.6) is 5.75 Å². The lowest BCUT2D eigenvalue weighted by molar-refractivity contribution is -0.136. The Hall–Kier alpha value is -4.78. The Morgan fingerprint density at radius 2 is 1.50 bits per heavy atom. The number of fused-ring (bicyclic) bond motifs is 1. The van der Waals surface area contributed by atoms with Crippen LogP contribution in [0.3, 0.4) is 0 Å². The summed E-state index contributed by atoms with van der Waals surface area (Å²) in [5.41, 5.74) is 4.72. The monoisotopic (exact) mass is 451 g/mol. The molecular formula is C27H21N3O4. The third-order valence-corrected chi connectivity index (χ3v) is 5.08. The van der Waals surface area contributed by atoms with Crippen LogP contribution in [0.4, 0.5) is 5.69 Å². The number of aryl methyl sites for hydroxylation is 1. The molecule has 0 bridgehead atoms. The molecule has 2 amide bonds. The summed E-state index contributed by atoms with van der Waals surface area (Å²) >= 11 is 0. The molecule has 0 aliphatic heterocycles. The van der Waals surface area contributed by atoms with Gasteiger partial charge in [0, 0.05) is 11.1 Å². The van der Waals surface area contributed by atoms with Gasteiger partial charge in [0.25, 0.3) is 0 Å². The van der Waals surface area contributed by atoms with E-state index >= 15 is 0 Å². The van der Waals surface area contributed by atoms with E-state index in [1.54, 1.807) is 48.5 Å². The third-order valence-electron chi connectivity index (χ3n) is 5.08. The van der Waals surface area contributed by atoms with Crippen LogP contribution in [0.15, 0.2) is 96.1 Å². The number of carbonyl (C=O) groups excluding carboxylic acids is 3. The minimum atomic E-state index is -0.895. The standard InChI is InChI=1S/C27H21N3O4/c1-18-7-2-4-10-22(18)27(33)34-21-15-13-19(14-16-21)17-28-30-26(32)25(31)29-24-12-6-9-20-8-3-5-11-23(20)24/h2-17H,1H3,(H,29,31)(H,30,32)/b28-17-. The first-order chi connectivity index (χ1) is 16.5. The largest absolute Gasteiger partial charge is 0.423 e. The van der Waals surface area contributed by atoms with Crippen LogP contribution < -0.4 is 15.5 Å². The van der Waals surface area contributed by atoms with Gasteiger partial charge in [0.05, 0.1) is 11.8 Å². The van der Waals surface area contributed by atoms with Crippen molar-refractivity contribution in [2.75, 3.05) is 5.32 Å². The van der Waals surface area contributed by atoms with Gasteiger partial charge in [-0.25, -0.2) is 10.2 Å². The molecule has 0 aromatic heterocycles. The number of rotatable bonds is 5. The van der Waals surface area contributed by atoms with Gasteiger partial charge in [0.2, 0.25) is 0 Å². The molecule has 0 saturated carbocycles. The number of nitrogens with one attached hydrogen (secondary N) is 2. The normalized spacial score (nSPS) is 10.7. The molecule has 4 aromatic rings. The van der Waals surface area contributed by atoms with Crippen molar-refractivity contribution in [3.63, 3.8) is 0 Å². The van der Waals surface area contributed by atoms with Crippen LogP contribution in [0.25, 0.3) is 10.8 Å². The summed E-state index contributed by atoms with van der Waals surface area (Å²) in [6.07, 6.45) is 1.38. The van der Waals surface area contributed by atoms with E-state index in [1.165, 1.54) is 6.21 Å². The average Bonchev–Trinajstić information content (AvgIpc) is 2.85. The van der Waals surface area contributed by atoms with E-state index in [1.807, 2.05) is 49.4 Å². The number of hydrazone groups is 1. The summed E-state index contributed by atoms with van der Waals surface area (Å²) in [6.45, 7) is 1.84. The van der Waals surface area contributed by atoms with Gasteiger partial charge in [0.15, 0.2) is 0 Å². The Morgan fingerprint density at radius 3 is 2.29 bits per heavy atom. The molecule has 0 radical (unpaired) electrons. The van der Waals surface area contributed by atoms with Crippen molar-refractivity contribution in [1.29, 1.82) is 0 Å². The van der Waals surface area contributed by atoms with E-state index in [9.17, 15) is 14.4 Å². The maximum atomic E-state index is 12.3. The molecule has 0 fully saturated rings. The van der Waals surface area contributed by atoms with Crippen molar-refractivity contribution < 1.29 is 19.1 Å². The van der Waals surface area contributed by atoms with E-state index in [2.05, 4.69) is 15.8 Å². The highest BCUT2D eigenvalue weighted by molar-refractivity contribution is 6.40. The van der Waals surface area contributed by atoms with Gasteiger partial charge in [-0.05, 0) is 59.8 Å². The van der Waals surface area contributed by atoms with Gasteiger partial charge < -0.3 is 10.1 Å². The zero-order chi connectivity index (χ0) is 23.9. The number of hydrogen-bond acceptors (Lipinski definition) is 5. The van der Waals surface area contributed by atoms with Gasteiger partial charge in [-0.3, -0.25) is 9.59 Å². The van der Waals surface area contributed by atoms with Crippen LogP contribution >= 0.6 is 0 Å². The Kier molecular flexibility index (Phi) is 6.74. The summed E-state index contributed by atoms with van der Waals surface area (Å²) in [7, 11) is 0. The van der Waals surface area contributed by atoms with E-state index in [-0.39, 0.29) is 0 Å². The topological polar surface area (TPSA) is 96.9 Å². The number of ether oxygens (including phenoxy) is 1. The highest BCUT2D eigenvalue weighted by atomic mass is 16.5. The molecule has 0 aliphatic rings. The SMILES string of the molecule is Cc1ccccc1C(=O)Oc1ccc(/C=N\NC(=O)C(=O)Nc2cccc3ccccc23)cc1. The number of esters is 1. The first-order valence-electron chi connectivity index (χ1n) is 10.5. The average molecular weight is 451 g/mol. The minimum Gasteiger partial charge on any atom is -0.423 e. The summed E-state index contributed by atoms with van der Waals surface area (Å²) in [4.78, 5) is 36.7. The van der Waals surface area contributed by atoms with Crippen LogP contribution in [0.1, 0.15) is 21.5 Å². The molecule has 2 N–H and O–H groups in total. The molecule has 0 heterocycles. The maximum absolute atomic E-state index is 12.3. The third kappa shape index (κ3) is 5.34. The van der Waals surface area contributed by atoms with Crippen molar-refractivity contribution in [3.05, 3.63) is 108 Å². The van der Waals surface area contributed by atoms with Gasteiger partial charge in [-0.15, -0.1) is 0 Å². The number of carbonyl (C=O) groups is 3. The van der Waals surface area contributed by atoms with Gasteiger partial charge in [0.1, 0.15) is 5.75 Å². The van der Waals surface area contributed by atoms with Crippen LogP contribution in [0, 0.1) is 6.92 Å². The van der Waals surface area contributed by atoms with Crippen LogP contribution in [-0.2, 0) is 9.59 Å². The molecule has 0 aliphatic carbocycles. The fraction of sp³-hybridized carbons (Fsp3) is 0.0370. The Morgan fingerprint density at radius 1 is 0.794 bits per heavy atom. The Bertz CT molecular complexity index is 1390. The molecular weight excluding hydrogens is 430 g/mol. The van der Waals surface area contributed by atoms with Crippen molar-refractivity contribution in [1.82, 2.24) is 5.43 Å². The number of amides is 2. The van der Waals surface area contributed by atoms with Crippen LogP contribution in [0.2, 0.25) is 0 Å². The van der Waals surface area contributed by atoms with Crippen LogP contribution in [-0.4, -0.2) is 24.0 Å². The molecule has 34 heavy (non-hydrogen) atoms. The second-order valence-electron chi connectivity index (χ2n) is 7.45. The molecule has 7 nitrogen and oxygen atoms in total. The lowest BCUT2D eigenvalue weighted by atomic mass is 10.1. The smallest absolute Gasteiger partial charge is 0.343 e. The zero-order valence-corrected chi connectivity index (χ0v) is 18.3. The Balaban J connectivity index is 1.32. The minimum absolute atomic E-state index is 0.379. The van der Waals surface area contributed by atoms with Crippen molar-refractivity contribution >= 4 is 40.5 Å². The predicted octanol–water partition coefficient (Wildman–Crippen LogP) is 4.46. The van der Waals surface area contributed by atoms with Crippen molar-refractivity contribution in [2.45, 2.75) is 6.92 Å². The zero-order valence-electron chi connectivity index (χ0n) is 18.3. The molecule has 0 atom stereocenters. The summed E-state index contributed by atoms with van der Waals surface area (Å²) in [6, 6.07) is 26.7. The first kappa shape index (κ1) is 22.4. The van der Waals surface area contributed by atoms with Gasteiger partial charge >= 0.3 is 17.8 Å². The Labute approximate surface area is 196 Å². The molecule has 4 rings (SSSR count). The van der Waals surface area contributed by atoms with Gasteiger partial charge in [-0.1, -0.05) is 54.6 Å². The maximum Gasteiger partial charge on any atom is 0.343 e. The number of nitrogens with zero attached hydrogens (tertiary/aromatic N) is 1. The highest BCUT2D eigenvalue weighted by Crippen LogP contribution is 2.22. The first-order valence-corrected chi connectivity index (χ1v) is 10.5. The van der Waals surface area contributed by atoms with E-state index in [0.717, 1.165) is 16.3 Å². The summed E-state index contributed by atoms with van der Waals surface area (Å²) in [5, 5.41) is 8.21. The predicted molar refractivity (Wildman–Crippen MR) is 131 cm³/mol. The lowest BCUT2D eigenvalue weighted by Gasteiger charge is -2.07. The molecule has 4 aromatic carbocycles. The quantitative estimate of drug-likeness (QED) is 0.154. The fourth-order valence-electron chi connectivity index (χ4n) is 3.32. The van der Waals surface area contributed by atoms with Crippen molar-refractivity contribution in [2.24, 2.45) is 5.10 Å². The number of anilines is 1. The number of benzene rings is 4. The highest BCUT2D eigenvalue weighted by Gasteiger charge is 2.14. The fourth-order valence-corrected chi connectivity index (χ4v) is 3.32. The molecule has 0 spiro atoms. The van der Waals surface area contributed by atoms with E-state index in [0.29, 0.717) is 22.6 Å². The number of hydrogen-bond donors (Lipinski definition) is 2. The lowest BCUT2D eigenvalue weighted by Crippen LogP contribution is -2.32. The summed E-state index contributed by atoms with van der Waals surface area (Å²) < 4.78 is 5.39. The second kappa shape index (κ2) is 10.2. The second-order valence-corrected chi connectivity index (χ2v) is 7.45. The molecule has 0 unspecified atom stereocenters. The van der Waals surface area contributed by atoms with Crippen molar-refractivity contribution in [3.8, 4) is 5.75 Å². The van der Waals surface area contributed by atoms with Gasteiger partial charge in [-0.2, -0.15) is 5.10 Å². The summed E-state index contributed by atoms with van der Waals surface area (Å²) in [5.74, 6) is -1.78. The van der Waals surface area contributed by atoms with E-state index in [4.69, 9.17) is 4.74 Å². The van der Waals surface area contributed by atoms with E-state index < -0.39 is 17.8 Å². The molecule has 168 valence electrons. The molecule has 0 saturated heterocycles.